The zero-order valence-corrected chi connectivity index (χ0v) is 17.9. The monoisotopic (exact) mass is 464 g/mol. The molecular formula is C22H23F3N4O4. The molecule has 2 aromatic rings. The molecule has 0 bridgehead atoms. The lowest BCUT2D eigenvalue weighted by Crippen LogP contribution is -2.48. The summed E-state index contributed by atoms with van der Waals surface area (Å²) in [4.78, 5) is 38.6. The number of alkyl halides is 3. The van der Waals surface area contributed by atoms with Gasteiger partial charge < -0.3 is 19.2 Å². The molecule has 1 saturated carbocycles. The summed E-state index contributed by atoms with van der Waals surface area (Å²) in [7, 11) is 0. The van der Waals surface area contributed by atoms with Gasteiger partial charge in [-0.05, 0) is 31.4 Å². The highest BCUT2D eigenvalue weighted by molar-refractivity contribution is 5.91. The van der Waals surface area contributed by atoms with Crippen LogP contribution in [0.1, 0.15) is 37.7 Å². The van der Waals surface area contributed by atoms with Crippen molar-refractivity contribution in [2.75, 3.05) is 24.6 Å². The maximum absolute atomic E-state index is 12.8. The molecule has 2 aliphatic rings. The molecule has 1 aliphatic heterocycles. The van der Waals surface area contributed by atoms with Crippen LogP contribution in [-0.2, 0) is 9.59 Å². The van der Waals surface area contributed by atoms with Gasteiger partial charge in [0.2, 0.25) is 11.8 Å². The Morgan fingerprint density at radius 1 is 1.12 bits per heavy atom. The van der Waals surface area contributed by atoms with Crippen LogP contribution < -0.4 is 14.4 Å². The molecule has 0 spiro atoms. The molecule has 1 aliphatic carbocycles. The van der Waals surface area contributed by atoms with Gasteiger partial charge in [-0.2, -0.15) is 13.2 Å². The van der Waals surface area contributed by atoms with E-state index >= 15 is 0 Å². The second-order valence-corrected chi connectivity index (χ2v) is 8.37. The molecule has 0 radical (unpaired) electrons. The largest absolute Gasteiger partial charge is 0.481 e. The first kappa shape index (κ1) is 22.9. The van der Waals surface area contributed by atoms with Crippen LogP contribution in [0.5, 0.6) is 11.6 Å². The van der Waals surface area contributed by atoms with E-state index in [0.717, 1.165) is 13.1 Å². The molecule has 1 saturated heterocycles. The van der Waals surface area contributed by atoms with Crippen molar-refractivity contribution < 1.29 is 32.2 Å². The number of carbonyl (C=O) groups excluding carboxylic acids is 2. The molecule has 4 rings (SSSR count). The Morgan fingerprint density at radius 3 is 2.45 bits per heavy atom. The van der Waals surface area contributed by atoms with E-state index in [1.807, 2.05) is 4.90 Å². The smallest absolute Gasteiger partial charge is 0.422 e. The fourth-order valence-corrected chi connectivity index (χ4v) is 4.06. The summed E-state index contributed by atoms with van der Waals surface area (Å²) in [6, 6.07) is 2.69. The lowest BCUT2D eigenvalue weighted by Gasteiger charge is -2.38. The van der Waals surface area contributed by atoms with Crippen molar-refractivity contribution in [2.45, 2.75) is 44.4 Å². The first-order valence-corrected chi connectivity index (χ1v) is 10.6. The van der Waals surface area contributed by atoms with Crippen molar-refractivity contribution >= 4 is 17.5 Å². The van der Waals surface area contributed by atoms with Gasteiger partial charge in [0.1, 0.15) is 11.5 Å². The van der Waals surface area contributed by atoms with E-state index in [0.29, 0.717) is 36.7 Å². The fraction of sp³-hybridized carbons (Fsp3) is 0.500. The van der Waals surface area contributed by atoms with Gasteiger partial charge >= 0.3 is 6.18 Å². The van der Waals surface area contributed by atoms with Gasteiger partial charge in [0.05, 0.1) is 6.20 Å². The molecule has 2 atom stereocenters. The Balaban J connectivity index is 1.29. The van der Waals surface area contributed by atoms with Crippen LogP contribution in [0.25, 0.3) is 0 Å². The van der Waals surface area contributed by atoms with Crippen LogP contribution in [0, 0.1) is 5.92 Å². The number of rotatable bonds is 8. The molecule has 2 fully saturated rings. The molecule has 0 aromatic carbocycles. The molecular weight excluding hydrogens is 441 g/mol. The minimum absolute atomic E-state index is 0.103. The maximum atomic E-state index is 12.8. The second kappa shape index (κ2) is 9.32. The highest BCUT2D eigenvalue weighted by Crippen LogP contribution is 2.34. The quantitative estimate of drug-likeness (QED) is 0.588. The Bertz CT molecular complexity index is 992. The van der Waals surface area contributed by atoms with Crippen molar-refractivity contribution in [3.63, 3.8) is 0 Å². The number of aromatic nitrogens is 3. The summed E-state index contributed by atoms with van der Waals surface area (Å²) < 4.78 is 46.9. The normalized spacial score (nSPS) is 21.1. The molecule has 3 heterocycles. The number of hydrogen-bond acceptors (Lipinski definition) is 8. The van der Waals surface area contributed by atoms with Crippen molar-refractivity contribution in [1.29, 1.82) is 0 Å². The Morgan fingerprint density at radius 2 is 1.85 bits per heavy atom. The van der Waals surface area contributed by atoms with Crippen LogP contribution in [-0.4, -0.2) is 58.5 Å². The summed E-state index contributed by atoms with van der Waals surface area (Å²) in [5.41, 5.74) is 0.713. The molecule has 0 N–H and O–H groups in total. The highest BCUT2D eigenvalue weighted by Gasteiger charge is 2.37. The fourth-order valence-electron chi connectivity index (χ4n) is 4.06. The average molecular weight is 464 g/mol. The zero-order valence-electron chi connectivity index (χ0n) is 17.9. The predicted molar refractivity (Wildman–Crippen MR) is 110 cm³/mol. The van der Waals surface area contributed by atoms with E-state index in [-0.39, 0.29) is 29.1 Å². The molecule has 33 heavy (non-hydrogen) atoms. The Kier molecular flexibility index (Phi) is 6.48. The van der Waals surface area contributed by atoms with Gasteiger partial charge in [0.25, 0.3) is 0 Å². The number of carbonyl (C=O) groups is 2. The van der Waals surface area contributed by atoms with Crippen molar-refractivity contribution in [3.05, 3.63) is 36.3 Å². The SMILES string of the molecule is CC(=O)CC1CN(c2ncc(C3CC[C@@H](Oc4ccc(OCC(F)(F)F)nc4)C3=O)cn2)C1. The van der Waals surface area contributed by atoms with E-state index in [1.54, 1.807) is 19.3 Å². The van der Waals surface area contributed by atoms with Crippen molar-refractivity contribution in [3.8, 4) is 11.6 Å². The van der Waals surface area contributed by atoms with Crippen LogP contribution in [0.4, 0.5) is 19.1 Å². The van der Waals surface area contributed by atoms with Gasteiger partial charge in [-0.15, -0.1) is 0 Å². The first-order valence-electron chi connectivity index (χ1n) is 10.6. The summed E-state index contributed by atoms with van der Waals surface area (Å²) in [6.45, 7) is 1.64. The molecule has 176 valence electrons. The van der Waals surface area contributed by atoms with Gasteiger partial charge in [0.15, 0.2) is 18.5 Å². The van der Waals surface area contributed by atoms with Crippen LogP contribution in [0.3, 0.4) is 0 Å². The van der Waals surface area contributed by atoms with Crippen LogP contribution in [0.15, 0.2) is 30.7 Å². The summed E-state index contributed by atoms with van der Waals surface area (Å²) >= 11 is 0. The predicted octanol–water partition coefficient (Wildman–Crippen LogP) is 3.12. The van der Waals surface area contributed by atoms with E-state index < -0.39 is 18.9 Å². The van der Waals surface area contributed by atoms with E-state index in [9.17, 15) is 22.8 Å². The molecule has 1 unspecified atom stereocenters. The number of ketones is 2. The average Bonchev–Trinajstić information content (AvgIpc) is 3.09. The minimum atomic E-state index is -4.45. The lowest BCUT2D eigenvalue weighted by atomic mass is 9.95. The molecule has 2 aromatic heterocycles. The number of ether oxygens (including phenoxy) is 2. The third-order valence-corrected chi connectivity index (χ3v) is 5.63. The maximum Gasteiger partial charge on any atom is 0.422 e. The standard InChI is InChI=1S/C22H23F3N4O4/c1-13(30)6-14-10-29(11-14)21-27-7-15(8-28-21)17-3-4-18(20(17)31)33-16-2-5-19(26-9-16)32-12-22(23,24)25/h2,5,7-9,14,17-18H,3-4,6,10-12H2,1H3/t17?,18-/m1/s1. The Labute approximate surface area is 188 Å². The Hall–Kier alpha value is -3.24. The third-order valence-electron chi connectivity index (χ3n) is 5.63. The molecule has 0 amide bonds. The third kappa shape index (κ3) is 5.77. The number of nitrogens with zero attached hydrogens (tertiary/aromatic N) is 4. The summed E-state index contributed by atoms with van der Waals surface area (Å²) in [5.74, 6) is 0.701. The molecule has 8 nitrogen and oxygen atoms in total. The number of anilines is 1. The first-order chi connectivity index (χ1) is 15.7. The lowest BCUT2D eigenvalue weighted by molar-refractivity contribution is -0.154. The van der Waals surface area contributed by atoms with Crippen molar-refractivity contribution in [2.24, 2.45) is 5.92 Å². The molecule has 11 heteroatoms. The minimum Gasteiger partial charge on any atom is -0.481 e. The van der Waals surface area contributed by atoms with Gasteiger partial charge in [-0.3, -0.25) is 4.79 Å². The highest BCUT2D eigenvalue weighted by atomic mass is 19.4. The van der Waals surface area contributed by atoms with E-state index in [1.165, 1.54) is 18.3 Å². The van der Waals surface area contributed by atoms with Gasteiger partial charge in [0, 0.05) is 49.8 Å². The number of hydrogen-bond donors (Lipinski definition) is 0. The van der Waals surface area contributed by atoms with E-state index in [4.69, 9.17) is 4.74 Å². The van der Waals surface area contributed by atoms with Crippen LogP contribution >= 0.6 is 0 Å². The number of Topliss-reactive ketones (excluding diaryl/α,β-unsaturated/α-hetero) is 2. The van der Waals surface area contributed by atoms with Crippen LogP contribution in [0.2, 0.25) is 0 Å². The second-order valence-electron chi connectivity index (χ2n) is 8.37. The van der Waals surface area contributed by atoms with Crippen molar-refractivity contribution in [1.82, 2.24) is 15.0 Å². The number of halogens is 3. The van der Waals surface area contributed by atoms with E-state index in [2.05, 4.69) is 19.7 Å². The summed E-state index contributed by atoms with van der Waals surface area (Å²) in [5, 5.41) is 0. The van der Waals surface area contributed by atoms with Gasteiger partial charge in [-0.1, -0.05) is 0 Å². The summed E-state index contributed by atoms with van der Waals surface area (Å²) in [6.07, 6.45) is 1.05. The topological polar surface area (TPSA) is 94.5 Å². The zero-order chi connectivity index (χ0) is 23.6. The van der Waals surface area contributed by atoms with Gasteiger partial charge in [-0.25, -0.2) is 15.0 Å². The number of pyridine rings is 1.